The van der Waals surface area contributed by atoms with Crippen molar-refractivity contribution in [2.45, 2.75) is 32.9 Å². The average molecular weight is 259 g/mol. The van der Waals surface area contributed by atoms with Crippen molar-refractivity contribution in [3.8, 4) is 5.75 Å². The van der Waals surface area contributed by atoms with Crippen LogP contribution in [0.4, 0.5) is 0 Å². The van der Waals surface area contributed by atoms with E-state index >= 15 is 0 Å². The number of methoxy groups -OCH3 is 1. The van der Waals surface area contributed by atoms with E-state index < -0.39 is 0 Å². The summed E-state index contributed by atoms with van der Waals surface area (Å²) >= 11 is 0. The Balaban J connectivity index is 2.28. The number of hydrogen-bond acceptors (Lipinski definition) is 3. The normalized spacial score (nSPS) is 11.0. The van der Waals surface area contributed by atoms with E-state index in [0.717, 1.165) is 23.6 Å². The lowest BCUT2D eigenvalue weighted by atomic mass is 10.00. The first kappa shape index (κ1) is 13.6. The van der Waals surface area contributed by atoms with Gasteiger partial charge in [0.1, 0.15) is 5.75 Å². The van der Waals surface area contributed by atoms with Gasteiger partial charge < -0.3 is 15.0 Å². The molecule has 0 bridgehead atoms. The van der Waals surface area contributed by atoms with Crippen molar-refractivity contribution in [2.75, 3.05) is 7.11 Å². The number of imidazole rings is 1. The first-order valence-electron chi connectivity index (χ1n) is 6.51. The number of ether oxygens (including phenoxy) is 1. The molecule has 102 valence electrons. The monoisotopic (exact) mass is 259 g/mol. The molecule has 0 unspecified atom stereocenters. The van der Waals surface area contributed by atoms with E-state index in [9.17, 15) is 0 Å². The van der Waals surface area contributed by atoms with Crippen molar-refractivity contribution in [1.29, 1.82) is 0 Å². The van der Waals surface area contributed by atoms with E-state index in [-0.39, 0.29) is 0 Å². The van der Waals surface area contributed by atoms with Crippen molar-refractivity contribution >= 4 is 0 Å². The average Bonchev–Trinajstić information content (AvgIpc) is 2.86. The first-order valence-corrected chi connectivity index (χ1v) is 6.51. The zero-order chi connectivity index (χ0) is 13.8. The summed E-state index contributed by atoms with van der Waals surface area (Å²) in [4.78, 5) is 4.24. The lowest BCUT2D eigenvalue weighted by Crippen LogP contribution is -2.02. The molecule has 0 spiro atoms. The molecular weight excluding hydrogens is 238 g/mol. The summed E-state index contributed by atoms with van der Waals surface area (Å²) in [5.41, 5.74) is 8.95. The predicted molar refractivity (Wildman–Crippen MR) is 76.3 cm³/mol. The molecule has 0 atom stereocenters. The zero-order valence-corrected chi connectivity index (χ0v) is 11.8. The summed E-state index contributed by atoms with van der Waals surface area (Å²) in [6.45, 7) is 5.59. The summed E-state index contributed by atoms with van der Waals surface area (Å²) in [5, 5.41) is 0. The third-order valence-corrected chi connectivity index (χ3v) is 3.22. The van der Waals surface area contributed by atoms with Gasteiger partial charge >= 0.3 is 0 Å². The number of rotatable bonds is 5. The maximum Gasteiger partial charge on any atom is 0.123 e. The van der Waals surface area contributed by atoms with Gasteiger partial charge in [0.05, 0.1) is 25.7 Å². The van der Waals surface area contributed by atoms with Crippen molar-refractivity contribution < 1.29 is 4.74 Å². The Labute approximate surface area is 114 Å². The largest absolute Gasteiger partial charge is 0.496 e. The van der Waals surface area contributed by atoms with Crippen LogP contribution in [0.2, 0.25) is 0 Å². The third kappa shape index (κ3) is 3.15. The Bertz CT molecular complexity index is 546. The molecule has 1 aromatic carbocycles. The Hall–Kier alpha value is -1.81. The van der Waals surface area contributed by atoms with Gasteiger partial charge in [0.15, 0.2) is 0 Å². The third-order valence-electron chi connectivity index (χ3n) is 3.22. The van der Waals surface area contributed by atoms with Gasteiger partial charge in [0.25, 0.3) is 0 Å². The summed E-state index contributed by atoms with van der Waals surface area (Å²) in [7, 11) is 1.70. The second kappa shape index (κ2) is 5.89. The van der Waals surface area contributed by atoms with Gasteiger partial charge in [-0.15, -0.1) is 0 Å². The van der Waals surface area contributed by atoms with Gasteiger partial charge in [-0.05, 0) is 17.5 Å². The molecule has 0 amide bonds. The molecular formula is C15H21N3O. The van der Waals surface area contributed by atoms with Gasteiger partial charge in [-0.25, -0.2) is 4.98 Å². The Kier molecular flexibility index (Phi) is 4.22. The maximum atomic E-state index is 5.58. The van der Waals surface area contributed by atoms with E-state index in [1.54, 1.807) is 7.11 Å². The summed E-state index contributed by atoms with van der Waals surface area (Å²) < 4.78 is 7.46. The first-order chi connectivity index (χ1) is 9.13. The topological polar surface area (TPSA) is 53.1 Å². The minimum absolute atomic E-state index is 0.468. The van der Waals surface area contributed by atoms with Gasteiger partial charge in [-0.2, -0.15) is 0 Å². The summed E-state index contributed by atoms with van der Waals surface area (Å²) in [5.74, 6) is 1.42. The van der Waals surface area contributed by atoms with Crippen LogP contribution in [0.25, 0.3) is 0 Å². The number of benzene rings is 1. The lowest BCUT2D eigenvalue weighted by Gasteiger charge is -2.13. The molecule has 19 heavy (non-hydrogen) atoms. The zero-order valence-electron chi connectivity index (χ0n) is 11.8. The molecule has 0 aliphatic carbocycles. The predicted octanol–water partition coefficient (Wildman–Crippen LogP) is 2.52. The Morgan fingerprint density at radius 3 is 2.74 bits per heavy atom. The highest BCUT2D eigenvalue weighted by atomic mass is 16.5. The second-order valence-corrected chi connectivity index (χ2v) is 4.97. The molecule has 4 nitrogen and oxygen atoms in total. The van der Waals surface area contributed by atoms with Gasteiger partial charge in [0.2, 0.25) is 0 Å². The van der Waals surface area contributed by atoms with Crippen molar-refractivity contribution in [1.82, 2.24) is 9.55 Å². The van der Waals surface area contributed by atoms with Crippen molar-refractivity contribution in [2.24, 2.45) is 5.73 Å². The van der Waals surface area contributed by atoms with E-state index in [4.69, 9.17) is 10.5 Å². The number of nitrogens with zero attached hydrogens (tertiary/aromatic N) is 2. The lowest BCUT2D eigenvalue weighted by molar-refractivity contribution is 0.408. The smallest absolute Gasteiger partial charge is 0.123 e. The Morgan fingerprint density at radius 1 is 1.37 bits per heavy atom. The van der Waals surface area contributed by atoms with E-state index in [0.29, 0.717) is 12.5 Å². The van der Waals surface area contributed by atoms with Gasteiger partial charge in [-0.1, -0.05) is 26.0 Å². The number of nitrogens with two attached hydrogens (primary N) is 1. The van der Waals surface area contributed by atoms with Crippen LogP contribution in [0, 0.1) is 0 Å². The van der Waals surface area contributed by atoms with Crippen LogP contribution in [0.5, 0.6) is 5.75 Å². The SMILES string of the molecule is COc1ccc(C(C)C)cc1Cn1cnc(CN)c1. The number of aromatic nitrogens is 2. The summed E-state index contributed by atoms with van der Waals surface area (Å²) in [6.07, 6.45) is 3.78. The fraction of sp³-hybridized carbons (Fsp3) is 0.400. The molecule has 0 aliphatic heterocycles. The Morgan fingerprint density at radius 2 is 2.16 bits per heavy atom. The molecule has 0 saturated carbocycles. The maximum absolute atomic E-state index is 5.58. The number of hydrogen-bond donors (Lipinski definition) is 1. The molecule has 0 fully saturated rings. The van der Waals surface area contributed by atoms with Crippen LogP contribution in [0.1, 0.15) is 36.6 Å². The van der Waals surface area contributed by atoms with E-state index in [2.05, 4.69) is 31.0 Å². The van der Waals surface area contributed by atoms with Crippen LogP contribution in [-0.2, 0) is 13.1 Å². The molecule has 0 radical (unpaired) electrons. The molecule has 1 heterocycles. The fourth-order valence-corrected chi connectivity index (χ4v) is 2.08. The van der Waals surface area contributed by atoms with Crippen LogP contribution < -0.4 is 10.5 Å². The summed E-state index contributed by atoms with van der Waals surface area (Å²) in [6, 6.07) is 6.35. The van der Waals surface area contributed by atoms with E-state index in [1.165, 1.54) is 5.56 Å². The molecule has 2 aromatic rings. The highest BCUT2D eigenvalue weighted by Crippen LogP contribution is 2.25. The highest BCUT2D eigenvalue weighted by Gasteiger charge is 2.08. The van der Waals surface area contributed by atoms with Gasteiger partial charge in [0, 0.05) is 18.3 Å². The van der Waals surface area contributed by atoms with Crippen LogP contribution in [0.15, 0.2) is 30.7 Å². The second-order valence-electron chi connectivity index (χ2n) is 4.97. The minimum Gasteiger partial charge on any atom is -0.496 e. The van der Waals surface area contributed by atoms with E-state index in [1.807, 2.05) is 23.2 Å². The van der Waals surface area contributed by atoms with Crippen LogP contribution in [-0.4, -0.2) is 16.7 Å². The molecule has 2 N–H and O–H groups in total. The molecule has 1 aromatic heterocycles. The van der Waals surface area contributed by atoms with Crippen LogP contribution >= 0.6 is 0 Å². The molecule has 0 saturated heterocycles. The molecule has 2 rings (SSSR count). The quantitative estimate of drug-likeness (QED) is 0.897. The van der Waals surface area contributed by atoms with Crippen molar-refractivity contribution in [3.63, 3.8) is 0 Å². The van der Waals surface area contributed by atoms with Crippen molar-refractivity contribution in [3.05, 3.63) is 47.5 Å². The standard InChI is InChI=1S/C15H21N3O/c1-11(2)12-4-5-15(19-3)13(6-12)8-18-9-14(7-16)17-10-18/h4-6,9-11H,7-8,16H2,1-3H3. The highest BCUT2D eigenvalue weighted by molar-refractivity contribution is 5.38. The van der Waals surface area contributed by atoms with Gasteiger partial charge in [-0.3, -0.25) is 0 Å². The van der Waals surface area contributed by atoms with Crippen LogP contribution in [0.3, 0.4) is 0 Å². The minimum atomic E-state index is 0.468. The fourth-order valence-electron chi connectivity index (χ4n) is 2.08. The molecule has 4 heteroatoms. The molecule has 0 aliphatic rings.